The molecule has 1 saturated heterocycles. The van der Waals surface area contributed by atoms with E-state index in [2.05, 4.69) is 10.6 Å². The summed E-state index contributed by atoms with van der Waals surface area (Å²) in [6.45, 7) is 3.01. The van der Waals surface area contributed by atoms with E-state index >= 15 is 0 Å². The molecule has 0 bridgehead atoms. The summed E-state index contributed by atoms with van der Waals surface area (Å²) in [7, 11) is 0. The Bertz CT molecular complexity index is 543. The van der Waals surface area contributed by atoms with Gasteiger partial charge in [0.2, 0.25) is 5.91 Å². The van der Waals surface area contributed by atoms with Crippen LogP contribution in [0.5, 0.6) is 0 Å². The van der Waals surface area contributed by atoms with Gasteiger partial charge in [-0.25, -0.2) is 0 Å². The van der Waals surface area contributed by atoms with E-state index in [1.54, 1.807) is 0 Å². The topological polar surface area (TPSA) is 41.1 Å². The molecule has 1 heterocycles. The van der Waals surface area contributed by atoms with Crippen LogP contribution in [0.25, 0.3) is 0 Å². The van der Waals surface area contributed by atoms with Crippen LogP contribution in [0.15, 0.2) is 18.2 Å². The number of hydrogen-bond donors (Lipinski definition) is 2. The van der Waals surface area contributed by atoms with Crippen molar-refractivity contribution in [2.24, 2.45) is 11.8 Å². The van der Waals surface area contributed by atoms with Crippen molar-refractivity contribution in [2.75, 3.05) is 19.6 Å². The third-order valence-corrected chi connectivity index (χ3v) is 5.49. The normalized spacial score (nSPS) is 27.5. The van der Waals surface area contributed by atoms with Gasteiger partial charge in [-0.05, 0) is 68.3 Å². The fraction of sp³-hybridized carbons (Fsp3) is 0.588. The van der Waals surface area contributed by atoms with Gasteiger partial charge in [0.15, 0.2) is 0 Å². The fourth-order valence-electron chi connectivity index (χ4n) is 3.30. The van der Waals surface area contributed by atoms with Crippen molar-refractivity contribution < 1.29 is 4.79 Å². The minimum absolute atomic E-state index is 0.0988. The van der Waals surface area contributed by atoms with Gasteiger partial charge in [0, 0.05) is 12.5 Å². The summed E-state index contributed by atoms with van der Waals surface area (Å²) in [4.78, 5) is 12.2. The van der Waals surface area contributed by atoms with Gasteiger partial charge in [0.1, 0.15) is 0 Å². The number of piperidine rings is 1. The average molecular weight is 341 g/mol. The quantitative estimate of drug-likeness (QED) is 0.859. The van der Waals surface area contributed by atoms with Crippen molar-refractivity contribution in [3.63, 3.8) is 0 Å². The summed E-state index contributed by atoms with van der Waals surface area (Å²) in [5.74, 6) is 1.28. The Morgan fingerprint density at radius 3 is 2.91 bits per heavy atom. The first-order chi connectivity index (χ1) is 10.6. The van der Waals surface area contributed by atoms with Crippen LogP contribution >= 0.6 is 23.2 Å². The van der Waals surface area contributed by atoms with Gasteiger partial charge >= 0.3 is 0 Å². The fourth-order valence-corrected chi connectivity index (χ4v) is 3.60. The Kier molecular flexibility index (Phi) is 5.27. The third-order valence-electron chi connectivity index (χ3n) is 4.75. The molecule has 5 heteroatoms. The Balaban J connectivity index is 1.43. The molecule has 1 aliphatic heterocycles. The molecule has 2 N–H and O–H groups in total. The van der Waals surface area contributed by atoms with E-state index in [9.17, 15) is 4.79 Å². The van der Waals surface area contributed by atoms with Crippen LogP contribution in [0.2, 0.25) is 10.0 Å². The number of carbonyl (C=O) groups is 1. The highest BCUT2D eigenvalue weighted by Gasteiger charge is 2.43. The van der Waals surface area contributed by atoms with E-state index in [1.807, 2.05) is 18.2 Å². The van der Waals surface area contributed by atoms with Crippen LogP contribution in [-0.2, 0) is 4.79 Å². The smallest absolute Gasteiger partial charge is 0.223 e. The van der Waals surface area contributed by atoms with Crippen molar-refractivity contribution in [3.8, 4) is 0 Å². The largest absolute Gasteiger partial charge is 0.356 e. The lowest BCUT2D eigenvalue weighted by Crippen LogP contribution is -2.33. The molecular weight excluding hydrogens is 319 g/mol. The van der Waals surface area contributed by atoms with Crippen molar-refractivity contribution in [1.29, 1.82) is 0 Å². The van der Waals surface area contributed by atoms with Gasteiger partial charge in [-0.1, -0.05) is 29.3 Å². The molecule has 1 amide bonds. The SMILES string of the molecule is O=C(NCCC1CCCNC1)C1CC1c1ccc(Cl)c(Cl)c1. The van der Waals surface area contributed by atoms with Gasteiger partial charge < -0.3 is 10.6 Å². The van der Waals surface area contributed by atoms with Gasteiger partial charge in [-0.2, -0.15) is 0 Å². The van der Waals surface area contributed by atoms with Gasteiger partial charge in [0.05, 0.1) is 10.0 Å². The molecule has 120 valence electrons. The second-order valence-electron chi connectivity index (χ2n) is 6.41. The first-order valence-corrected chi connectivity index (χ1v) is 8.84. The van der Waals surface area contributed by atoms with Crippen molar-refractivity contribution in [1.82, 2.24) is 10.6 Å². The van der Waals surface area contributed by atoms with Crippen LogP contribution in [0.3, 0.4) is 0 Å². The maximum atomic E-state index is 12.2. The standard InChI is InChI=1S/C17H22Cl2N2O/c18-15-4-3-12(8-16(15)19)13-9-14(13)17(22)21-7-5-11-2-1-6-20-10-11/h3-4,8,11,13-14,20H,1-2,5-7,9-10H2,(H,21,22). The Morgan fingerprint density at radius 1 is 1.32 bits per heavy atom. The molecule has 22 heavy (non-hydrogen) atoms. The average Bonchev–Trinajstić information content (AvgIpc) is 3.32. The second-order valence-corrected chi connectivity index (χ2v) is 7.23. The number of benzene rings is 1. The van der Waals surface area contributed by atoms with Crippen molar-refractivity contribution in [3.05, 3.63) is 33.8 Å². The summed E-state index contributed by atoms with van der Waals surface area (Å²) in [5.41, 5.74) is 1.12. The lowest BCUT2D eigenvalue weighted by Gasteiger charge is -2.22. The molecule has 1 aromatic rings. The molecular formula is C17H22Cl2N2O. The lowest BCUT2D eigenvalue weighted by molar-refractivity contribution is -0.122. The molecule has 3 unspecified atom stereocenters. The molecule has 3 rings (SSSR count). The van der Waals surface area contributed by atoms with E-state index < -0.39 is 0 Å². The summed E-state index contributed by atoms with van der Waals surface area (Å²) in [5, 5.41) is 7.63. The van der Waals surface area contributed by atoms with E-state index in [4.69, 9.17) is 23.2 Å². The zero-order valence-electron chi connectivity index (χ0n) is 12.6. The first kappa shape index (κ1) is 16.1. The molecule has 2 fully saturated rings. The molecule has 0 spiro atoms. The van der Waals surface area contributed by atoms with Crippen molar-refractivity contribution in [2.45, 2.75) is 31.6 Å². The first-order valence-electron chi connectivity index (χ1n) is 8.08. The molecule has 0 aromatic heterocycles. The molecule has 1 aliphatic carbocycles. The number of rotatable bonds is 5. The van der Waals surface area contributed by atoms with Gasteiger partial charge in [-0.3, -0.25) is 4.79 Å². The molecule has 0 radical (unpaired) electrons. The lowest BCUT2D eigenvalue weighted by atomic mass is 9.96. The van der Waals surface area contributed by atoms with Crippen LogP contribution in [0.1, 0.15) is 37.2 Å². The van der Waals surface area contributed by atoms with Gasteiger partial charge in [0.25, 0.3) is 0 Å². The minimum Gasteiger partial charge on any atom is -0.356 e. The second kappa shape index (κ2) is 7.20. The minimum atomic E-state index is 0.0988. The van der Waals surface area contributed by atoms with E-state index in [1.165, 1.54) is 12.8 Å². The summed E-state index contributed by atoms with van der Waals surface area (Å²) >= 11 is 12.0. The van der Waals surface area contributed by atoms with Crippen LogP contribution < -0.4 is 10.6 Å². The zero-order chi connectivity index (χ0) is 15.5. The molecule has 2 aliphatic rings. The maximum absolute atomic E-state index is 12.2. The summed E-state index contributed by atoms with van der Waals surface area (Å²) in [6.07, 6.45) is 4.51. The summed E-state index contributed by atoms with van der Waals surface area (Å²) < 4.78 is 0. The molecule has 3 atom stereocenters. The number of carbonyl (C=O) groups excluding carboxylic acids is 1. The Morgan fingerprint density at radius 2 is 2.18 bits per heavy atom. The Hall–Kier alpha value is -0.770. The maximum Gasteiger partial charge on any atom is 0.223 e. The molecule has 1 aromatic carbocycles. The van der Waals surface area contributed by atoms with Crippen LogP contribution in [-0.4, -0.2) is 25.5 Å². The number of amides is 1. The van der Waals surface area contributed by atoms with Crippen molar-refractivity contribution >= 4 is 29.1 Å². The van der Waals surface area contributed by atoms with E-state index in [0.717, 1.165) is 38.0 Å². The van der Waals surface area contributed by atoms with Gasteiger partial charge in [-0.15, -0.1) is 0 Å². The summed E-state index contributed by atoms with van der Waals surface area (Å²) in [6, 6.07) is 5.66. The number of nitrogens with one attached hydrogen (secondary N) is 2. The molecule has 3 nitrogen and oxygen atoms in total. The number of hydrogen-bond acceptors (Lipinski definition) is 2. The zero-order valence-corrected chi connectivity index (χ0v) is 14.1. The number of halogens is 2. The van der Waals surface area contributed by atoms with E-state index in [-0.39, 0.29) is 11.8 Å². The predicted molar refractivity (Wildman–Crippen MR) is 90.5 cm³/mol. The predicted octanol–water partition coefficient (Wildman–Crippen LogP) is 3.60. The highest BCUT2D eigenvalue weighted by molar-refractivity contribution is 6.42. The monoisotopic (exact) mass is 340 g/mol. The Labute approximate surface area is 141 Å². The highest BCUT2D eigenvalue weighted by Crippen LogP contribution is 2.48. The van der Waals surface area contributed by atoms with E-state index in [0.29, 0.717) is 21.9 Å². The van der Waals surface area contributed by atoms with Crippen LogP contribution in [0.4, 0.5) is 0 Å². The third kappa shape index (κ3) is 3.95. The van der Waals surface area contributed by atoms with Crippen LogP contribution in [0, 0.1) is 11.8 Å². The highest BCUT2D eigenvalue weighted by atomic mass is 35.5. The molecule has 1 saturated carbocycles.